The topological polar surface area (TPSA) is 57.8 Å². The van der Waals surface area contributed by atoms with Crippen molar-refractivity contribution in [2.75, 3.05) is 12.3 Å². The molecular weight excluding hydrogens is 363 g/mol. The van der Waals surface area contributed by atoms with Crippen LogP contribution in [0.2, 0.25) is 0 Å². The highest BCUT2D eigenvalue weighted by atomic mass is 32.2. The molecule has 26 heavy (non-hydrogen) atoms. The van der Waals surface area contributed by atoms with Gasteiger partial charge in [-0.15, -0.1) is 0 Å². The lowest BCUT2D eigenvalue weighted by Gasteiger charge is -2.05. The molecule has 0 saturated carbocycles. The van der Waals surface area contributed by atoms with E-state index in [-0.39, 0.29) is 11.4 Å². The zero-order valence-corrected chi connectivity index (χ0v) is 14.2. The van der Waals surface area contributed by atoms with Gasteiger partial charge in [0, 0.05) is 17.9 Å². The predicted octanol–water partition coefficient (Wildman–Crippen LogP) is 4.02. The average Bonchev–Trinajstić information content (AvgIpc) is 3.10. The lowest BCUT2D eigenvalue weighted by Crippen LogP contribution is -2.25. The van der Waals surface area contributed by atoms with Gasteiger partial charge in [-0.3, -0.25) is 4.79 Å². The molecule has 3 aromatic rings. The molecule has 0 aliphatic rings. The largest absolute Gasteiger partial charge is 0.351 e. The van der Waals surface area contributed by atoms with Crippen LogP contribution in [0.3, 0.4) is 0 Å². The van der Waals surface area contributed by atoms with E-state index in [0.29, 0.717) is 17.5 Å². The number of benzene rings is 2. The molecule has 0 spiro atoms. The van der Waals surface area contributed by atoms with Crippen molar-refractivity contribution in [3.8, 4) is 11.3 Å². The first-order valence-electron chi connectivity index (χ1n) is 7.70. The third-order valence-electron chi connectivity index (χ3n) is 3.52. The molecule has 3 rings (SSSR count). The lowest BCUT2D eigenvalue weighted by molar-refractivity contribution is 0.0955. The zero-order valence-electron chi connectivity index (χ0n) is 13.4. The molecule has 0 radical (unpaired) electrons. The van der Waals surface area contributed by atoms with Crippen LogP contribution in [0.15, 0.2) is 53.8 Å². The number of carbonyl (C=O) groups excluding carboxylic acids is 1. The Kier molecular flexibility index (Phi) is 5.62. The normalized spacial score (nSPS) is 10.7. The van der Waals surface area contributed by atoms with Gasteiger partial charge < -0.3 is 10.3 Å². The fraction of sp³-hybridized carbons (Fsp3) is 0.111. The molecule has 1 aromatic heterocycles. The molecule has 2 aromatic carbocycles. The molecule has 1 heterocycles. The van der Waals surface area contributed by atoms with Crippen LogP contribution in [0.5, 0.6) is 0 Å². The van der Waals surface area contributed by atoms with Crippen molar-refractivity contribution < 1.29 is 18.0 Å². The van der Waals surface area contributed by atoms with Gasteiger partial charge in [0.2, 0.25) is 0 Å². The van der Waals surface area contributed by atoms with Gasteiger partial charge in [-0.25, -0.2) is 18.2 Å². The minimum absolute atomic E-state index is 0.0606. The van der Waals surface area contributed by atoms with Crippen molar-refractivity contribution in [2.24, 2.45) is 0 Å². The summed E-state index contributed by atoms with van der Waals surface area (Å²) in [5.74, 6) is -2.30. The Morgan fingerprint density at radius 1 is 1.08 bits per heavy atom. The Hall–Kier alpha value is -2.74. The minimum Gasteiger partial charge on any atom is -0.351 e. The summed E-state index contributed by atoms with van der Waals surface area (Å²) in [5, 5.41) is 3.29. The zero-order chi connectivity index (χ0) is 18.5. The number of thioether (sulfide) groups is 1. The number of hydrogen-bond donors (Lipinski definition) is 2. The number of amides is 1. The van der Waals surface area contributed by atoms with Crippen molar-refractivity contribution >= 4 is 17.7 Å². The number of nitrogens with one attached hydrogen (secondary N) is 2. The van der Waals surface area contributed by atoms with Crippen LogP contribution in [0, 0.1) is 17.5 Å². The molecule has 4 nitrogen and oxygen atoms in total. The Morgan fingerprint density at radius 2 is 1.85 bits per heavy atom. The van der Waals surface area contributed by atoms with Gasteiger partial charge in [0.1, 0.15) is 5.82 Å². The van der Waals surface area contributed by atoms with Crippen molar-refractivity contribution in [3.05, 3.63) is 71.7 Å². The summed E-state index contributed by atoms with van der Waals surface area (Å²) in [5.41, 5.74) is 1.64. The summed E-state index contributed by atoms with van der Waals surface area (Å²) in [6.45, 7) is 0.328. The van der Waals surface area contributed by atoms with Gasteiger partial charge in [-0.05, 0) is 48.0 Å². The number of nitrogens with zero attached hydrogens (tertiary/aromatic N) is 1. The second-order valence-electron chi connectivity index (χ2n) is 5.34. The molecular formula is C18H14F3N3OS. The average molecular weight is 377 g/mol. The minimum atomic E-state index is -1.06. The number of carbonyl (C=O) groups is 1. The fourth-order valence-corrected chi connectivity index (χ4v) is 2.91. The second kappa shape index (κ2) is 8.09. The van der Waals surface area contributed by atoms with E-state index in [1.54, 1.807) is 18.3 Å². The molecule has 134 valence electrons. The van der Waals surface area contributed by atoms with Crippen molar-refractivity contribution in [1.29, 1.82) is 0 Å². The number of aromatic amines is 1. The molecule has 8 heteroatoms. The molecule has 0 atom stereocenters. The van der Waals surface area contributed by atoms with Crippen LogP contribution in [0.4, 0.5) is 13.2 Å². The van der Waals surface area contributed by atoms with Gasteiger partial charge in [-0.1, -0.05) is 11.8 Å². The maximum Gasteiger partial charge on any atom is 0.251 e. The summed E-state index contributed by atoms with van der Waals surface area (Å²) < 4.78 is 38.9. The number of rotatable bonds is 6. The van der Waals surface area contributed by atoms with Gasteiger partial charge in [-0.2, -0.15) is 0 Å². The van der Waals surface area contributed by atoms with Crippen LogP contribution >= 0.6 is 11.8 Å². The number of halogens is 3. The molecule has 0 aliphatic carbocycles. The smallest absolute Gasteiger partial charge is 0.251 e. The highest BCUT2D eigenvalue weighted by Gasteiger charge is 2.09. The van der Waals surface area contributed by atoms with E-state index in [9.17, 15) is 18.0 Å². The Morgan fingerprint density at radius 3 is 2.58 bits per heavy atom. The molecule has 2 N–H and O–H groups in total. The SMILES string of the molecule is O=C(NCCSc1ncc(-c2ccc(F)cc2)[nH]1)c1ccc(F)c(F)c1. The number of hydrogen-bond acceptors (Lipinski definition) is 3. The lowest BCUT2D eigenvalue weighted by atomic mass is 10.2. The molecule has 1 amide bonds. The number of imidazole rings is 1. The van der Waals surface area contributed by atoms with Gasteiger partial charge in [0.15, 0.2) is 16.8 Å². The highest BCUT2D eigenvalue weighted by Crippen LogP contribution is 2.21. The van der Waals surface area contributed by atoms with Crippen LogP contribution in [-0.4, -0.2) is 28.2 Å². The van der Waals surface area contributed by atoms with E-state index in [1.165, 1.54) is 30.0 Å². The Labute approximate surface area is 151 Å². The van der Waals surface area contributed by atoms with E-state index in [1.807, 2.05) is 0 Å². The van der Waals surface area contributed by atoms with Gasteiger partial charge >= 0.3 is 0 Å². The van der Waals surface area contributed by atoms with Gasteiger partial charge in [0.25, 0.3) is 5.91 Å². The monoisotopic (exact) mass is 377 g/mol. The van der Waals surface area contributed by atoms with E-state index in [0.717, 1.165) is 23.4 Å². The molecule has 0 bridgehead atoms. The maximum atomic E-state index is 13.1. The predicted molar refractivity (Wildman–Crippen MR) is 93.4 cm³/mol. The Balaban J connectivity index is 1.48. The second-order valence-corrected chi connectivity index (χ2v) is 6.43. The fourth-order valence-electron chi connectivity index (χ4n) is 2.20. The summed E-state index contributed by atoms with van der Waals surface area (Å²) in [4.78, 5) is 19.2. The van der Waals surface area contributed by atoms with Crippen molar-refractivity contribution in [2.45, 2.75) is 5.16 Å². The quantitative estimate of drug-likeness (QED) is 0.504. The van der Waals surface area contributed by atoms with Gasteiger partial charge in [0.05, 0.1) is 11.9 Å². The van der Waals surface area contributed by atoms with E-state index in [2.05, 4.69) is 15.3 Å². The first-order valence-corrected chi connectivity index (χ1v) is 8.68. The van der Waals surface area contributed by atoms with Crippen LogP contribution in [0.25, 0.3) is 11.3 Å². The number of aromatic nitrogens is 2. The molecule has 0 unspecified atom stereocenters. The molecule has 0 fully saturated rings. The first kappa shape index (κ1) is 18.1. The van der Waals surface area contributed by atoms with E-state index in [4.69, 9.17) is 0 Å². The van der Waals surface area contributed by atoms with Crippen LogP contribution in [0.1, 0.15) is 10.4 Å². The Bertz CT molecular complexity index is 912. The standard InChI is InChI=1S/C18H14F3N3OS/c19-13-4-1-11(2-5-13)16-10-23-18(24-16)26-8-7-22-17(25)12-3-6-14(20)15(21)9-12/h1-6,9-10H,7-8H2,(H,22,25)(H,23,24). The van der Waals surface area contributed by atoms with Crippen LogP contribution < -0.4 is 5.32 Å². The summed E-state index contributed by atoms with van der Waals surface area (Å²) >= 11 is 1.39. The molecule has 0 aliphatic heterocycles. The van der Waals surface area contributed by atoms with Crippen LogP contribution in [-0.2, 0) is 0 Å². The number of H-pyrrole nitrogens is 1. The van der Waals surface area contributed by atoms with E-state index >= 15 is 0 Å². The molecule has 0 saturated heterocycles. The third-order valence-corrected chi connectivity index (χ3v) is 4.41. The maximum absolute atomic E-state index is 13.1. The highest BCUT2D eigenvalue weighted by molar-refractivity contribution is 7.99. The first-order chi connectivity index (χ1) is 12.5. The van der Waals surface area contributed by atoms with E-state index < -0.39 is 17.5 Å². The summed E-state index contributed by atoms with van der Waals surface area (Å²) in [6, 6.07) is 9.05. The van der Waals surface area contributed by atoms with Crippen molar-refractivity contribution in [1.82, 2.24) is 15.3 Å². The summed E-state index contributed by atoms with van der Waals surface area (Å²) in [7, 11) is 0. The van der Waals surface area contributed by atoms with Crippen molar-refractivity contribution in [3.63, 3.8) is 0 Å². The summed E-state index contributed by atoms with van der Waals surface area (Å²) in [6.07, 6.45) is 1.65. The third kappa shape index (κ3) is 4.45.